The van der Waals surface area contributed by atoms with Gasteiger partial charge in [-0.3, -0.25) is 0 Å². The van der Waals surface area contributed by atoms with Crippen molar-refractivity contribution in [1.82, 2.24) is 15.3 Å². The van der Waals surface area contributed by atoms with Gasteiger partial charge in [0.15, 0.2) is 0 Å². The van der Waals surface area contributed by atoms with E-state index >= 15 is 0 Å². The Labute approximate surface area is 94.8 Å². The van der Waals surface area contributed by atoms with Crippen molar-refractivity contribution in [2.75, 3.05) is 18.4 Å². The Morgan fingerprint density at radius 3 is 2.81 bits per heavy atom. The molecule has 16 heavy (non-hydrogen) atoms. The molecule has 0 saturated heterocycles. The topological polar surface area (TPSA) is 79.0 Å². The van der Waals surface area contributed by atoms with Gasteiger partial charge in [0.2, 0.25) is 0 Å². The molecule has 0 aromatic carbocycles. The molecule has 0 aliphatic heterocycles. The maximum absolute atomic E-state index is 11.2. The fraction of sp³-hybridized carbons (Fsp3) is 0.600. The number of H-pyrrole nitrogens is 1. The van der Waals surface area contributed by atoms with Gasteiger partial charge in [-0.25, -0.2) is 9.78 Å². The molecule has 0 spiro atoms. The van der Waals surface area contributed by atoms with Crippen LogP contribution < -0.4 is 10.6 Å². The number of carbonyl (C=O) groups is 1. The van der Waals surface area contributed by atoms with E-state index in [0.29, 0.717) is 13.1 Å². The average molecular weight is 226 g/mol. The molecular weight excluding hydrogens is 208 g/mol. The van der Waals surface area contributed by atoms with Gasteiger partial charge in [-0.1, -0.05) is 0 Å². The molecule has 0 aliphatic carbocycles. The number of ether oxygens (including phenoxy) is 1. The van der Waals surface area contributed by atoms with Crippen molar-refractivity contribution in [1.29, 1.82) is 0 Å². The maximum Gasteiger partial charge on any atom is 0.407 e. The van der Waals surface area contributed by atoms with E-state index in [2.05, 4.69) is 20.6 Å². The zero-order chi connectivity index (χ0) is 12.0. The van der Waals surface area contributed by atoms with E-state index in [4.69, 9.17) is 4.74 Å². The van der Waals surface area contributed by atoms with Crippen LogP contribution in [-0.2, 0) is 4.74 Å². The third-order valence-electron chi connectivity index (χ3n) is 1.61. The molecule has 1 amide bonds. The van der Waals surface area contributed by atoms with Crippen LogP contribution in [0.2, 0.25) is 0 Å². The van der Waals surface area contributed by atoms with E-state index in [0.717, 1.165) is 5.82 Å². The number of hydrogen-bond donors (Lipinski definition) is 3. The molecule has 0 fully saturated rings. The molecule has 0 atom stereocenters. The van der Waals surface area contributed by atoms with Crippen molar-refractivity contribution in [3.8, 4) is 0 Å². The normalized spacial score (nSPS) is 10.9. The second-order valence-corrected chi connectivity index (χ2v) is 4.32. The van der Waals surface area contributed by atoms with Gasteiger partial charge in [-0.05, 0) is 20.8 Å². The van der Waals surface area contributed by atoms with Gasteiger partial charge in [0, 0.05) is 13.1 Å². The maximum atomic E-state index is 11.2. The van der Waals surface area contributed by atoms with Crippen LogP contribution in [0.25, 0.3) is 0 Å². The number of nitrogens with one attached hydrogen (secondary N) is 3. The molecule has 6 nitrogen and oxygen atoms in total. The molecule has 0 bridgehead atoms. The third-order valence-corrected chi connectivity index (χ3v) is 1.61. The Bertz CT molecular complexity index is 316. The Morgan fingerprint density at radius 2 is 2.25 bits per heavy atom. The molecule has 0 radical (unpaired) electrons. The van der Waals surface area contributed by atoms with Crippen LogP contribution >= 0.6 is 0 Å². The molecular formula is C10H18N4O2. The summed E-state index contributed by atoms with van der Waals surface area (Å²) in [6.45, 7) is 6.59. The molecule has 1 heterocycles. The lowest BCUT2D eigenvalue weighted by molar-refractivity contribution is 0.0530. The van der Waals surface area contributed by atoms with E-state index in [1.807, 2.05) is 20.8 Å². The van der Waals surface area contributed by atoms with Crippen molar-refractivity contribution in [3.05, 3.63) is 12.5 Å². The second kappa shape index (κ2) is 5.39. The zero-order valence-electron chi connectivity index (χ0n) is 9.83. The SMILES string of the molecule is CC(C)(C)OC(=O)NCCNc1cnc[nH]1. The largest absolute Gasteiger partial charge is 0.444 e. The molecule has 0 aliphatic rings. The predicted molar refractivity (Wildman–Crippen MR) is 61.3 cm³/mol. The minimum atomic E-state index is -0.457. The number of alkyl carbamates (subject to hydrolysis) is 1. The van der Waals surface area contributed by atoms with Crippen molar-refractivity contribution in [2.45, 2.75) is 26.4 Å². The fourth-order valence-electron chi connectivity index (χ4n) is 1.03. The van der Waals surface area contributed by atoms with E-state index in [-0.39, 0.29) is 0 Å². The summed E-state index contributed by atoms with van der Waals surface area (Å²) in [5, 5.41) is 5.70. The van der Waals surface area contributed by atoms with E-state index in [1.54, 1.807) is 12.5 Å². The lowest BCUT2D eigenvalue weighted by Gasteiger charge is -2.19. The van der Waals surface area contributed by atoms with Crippen molar-refractivity contribution >= 4 is 11.9 Å². The van der Waals surface area contributed by atoms with Gasteiger partial charge >= 0.3 is 6.09 Å². The number of aromatic amines is 1. The molecule has 1 aromatic rings. The van der Waals surface area contributed by atoms with Gasteiger partial charge in [-0.15, -0.1) is 0 Å². The highest BCUT2D eigenvalue weighted by molar-refractivity contribution is 5.67. The standard InChI is InChI=1S/C10H18N4O2/c1-10(2,3)16-9(15)13-5-4-12-8-6-11-7-14-8/h6-7,12H,4-5H2,1-3H3,(H,11,14)(H,13,15). The Kier molecular flexibility index (Phi) is 4.16. The molecule has 0 unspecified atom stereocenters. The number of hydrogen-bond acceptors (Lipinski definition) is 4. The quantitative estimate of drug-likeness (QED) is 0.677. The number of amides is 1. The molecule has 90 valence electrons. The number of rotatable bonds is 4. The first-order chi connectivity index (χ1) is 7.47. The van der Waals surface area contributed by atoms with E-state index in [9.17, 15) is 4.79 Å². The number of aromatic nitrogens is 2. The minimum Gasteiger partial charge on any atom is -0.444 e. The highest BCUT2D eigenvalue weighted by atomic mass is 16.6. The minimum absolute atomic E-state index is 0.404. The van der Waals surface area contributed by atoms with Gasteiger partial charge in [-0.2, -0.15) is 0 Å². The summed E-state index contributed by atoms with van der Waals surface area (Å²) in [4.78, 5) is 18.0. The zero-order valence-corrected chi connectivity index (χ0v) is 9.83. The summed E-state index contributed by atoms with van der Waals surface area (Å²) >= 11 is 0. The number of anilines is 1. The highest BCUT2D eigenvalue weighted by Crippen LogP contribution is 2.06. The van der Waals surface area contributed by atoms with Gasteiger partial charge in [0.1, 0.15) is 11.4 Å². The average Bonchev–Trinajstić information content (AvgIpc) is 2.62. The van der Waals surface area contributed by atoms with Gasteiger partial charge < -0.3 is 20.4 Å². The first kappa shape index (κ1) is 12.4. The Morgan fingerprint density at radius 1 is 1.50 bits per heavy atom. The second-order valence-electron chi connectivity index (χ2n) is 4.32. The number of nitrogens with zero attached hydrogens (tertiary/aromatic N) is 1. The molecule has 6 heteroatoms. The van der Waals surface area contributed by atoms with Crippen LogP contribution in [0.15, 0.2) is 12.5 Å². The third kappa shape index (κ3) is 5.23. The Hall–Kier alpha value is -1.72. The summed E-state index contributed by atoms with van der Waals surface area (Å²) in [7, 11) is 0. The summed E-state index contributed by atoms with van der Waals surface area (Å²) in [5.41, 5.74) is -0.457. The van der Waals surface area contributed by atoms with Crippen LogP contribution in [0.1, 0.15) is 20.8 Å². The van der Waals surface area contributed by atoms with E-state index in [1.165, 1.54) is 0 Å². The molecule has 3 N–H and O–H groups in total. The molecule has 1 aromatic heterocycles. The number of carbonyl (C=O) groups excluding carboxylic acids is 1. The van der Waals surface area contributed by atoms with Crippen LogP contribution in [0.3, 0.4) is 0 Å². The lowest BCUT2D eigenvalue weighted by atomic mass is 10.2. The first-order valence-electron chi connectivity index (χ1n) is 5.16. The van der Waals surface area contributed by atoms with Crippen molar-refractivity contribution < 1.29 is 9.53 Å². The monoisotopic (exact) mass is 226 g/mol. The number of imidazole rings is 1. The van der Waals surface area contributed by atoms with E-state index < -0.39 is 11.7 Å². The first-order valence-corrected chi connectivity index (χ1v) is 5.16. The summed E-state index contributed by atoms with van der Waals surface area (Å²) in [5.74, 6) is 0.825. The lowest BCUT2D eigenvalue weighted by Crippen LogP contribution is -2.35. The van der Waals surface area contributed by atoms with Crippen molar-refractivity contribution in [3.63, 3.8) is 0 Å². The van der Waals surface area contributed by atoms with Crippen LogP contribution in [-0.4, -0.2) is 34.8 Å². The summed E-state index contributed by atoms with van der Waals surface area (Å²) in [6, 6.07) is 0. The van der Waals surface area contributed by atoms with Crippen LogP contribution in [0.4, 0.5) is 10.6 Å². The smallest absolute Gasteiger partial charge is 0.407 e. The molecule has 1 rings (SSSR count). The highest BCUT2D eigenvalue weighted by Gasteiger charge is 2.15. The van der Waals surface area contributed by atoms with Crippen LogP contribution in [0, 0.1) is 0 Å². The van der Waals surface area contributed by atoms with Gasteiger partial charge in [0.25, 0.3) is 0 Å². The van der Waals surface area contributed by atoms with Crippen LogP contribution in [0.5, 0.6) is 0 Å². The summed E-state index contributed by atoms with van der Waals surface area (Å²) < 4.78 is 5.08. The fourth-order valence-corrected chi connectivity index (χ4v) is 1.03. The van der Waals surface area contributed by atoms with Gasteiger partial charge in [0.05, 0.1) is 12.5 Å². The molecule has 0 saturated carbocycles. The van der Waals surface area contributed by atoms with Crippen molar-refractivity contribution in [2.24, 2.45) is 0 Å². The predicted octanol–water partition coefficient (Wildman–Crippen LogP) is 1.35. The Balaban J connectivity index is 2.09. The summed E-state index contributed by atoms with van der Waals surface area (Å²) in [6.07, 6.45) is 2.86.